The molecule has 0 atom stereocenters. The summed E-state index contributed by atoms with van der Waals surface area (Å²) in [5.41, 5.74) is 13.3. The van der Waals surface area contributed by atoms with Crippen molar-refractivity contribution >= 4 is 93.1 Å². The molecule has 0 saturated heterocycles. The molecule has 2 heterocycles. The van der Waals surface area contributed by atoms with Crippen molar-refractivity contribution in [2.45, 2.75) is 0 Å². The fourth-order valence-corrected chi connectivity index (χ4v) is 9.90. The topological polar surface area (TPSA) is 21.3 Å². The third-order valence-corrected chi connectivity index (χ3v) is 12.9. The van der Waals surface area contributed by atoms with E-state index < -0.39 is 0 Å². The van der Waals surface area contributed by atoms with E-state index in [0.29, 0.717) is 0 Å². The van der Waals surface area contributed by atoms with Crippen LogP contribution in [-0.2, 0) is 0 Å². The SMILES string of the molecule is c1ccc(-n2c3cc(-c4ccc(N(c5ccc(-c6ccc7c(ccc8ccccc87)c6)cc5)c5ccc6oc7ccccc7c6c5)cc4)ccc3c3ccc4ccccc4c32)cc1. The first-order chi connectivity index (χ1) is 31.2. The summed E-state index contributed by atoms with van der Waals surface area (Å²) < 4.78 is 8.71. The lowest BCUT2D eigenvalue weighted by Gasteiger charge is -2.26. The number of fused-ring (bicyclic) bond motifs is 11. The van der Waals surface area contributed by atoms with E-state index in [1.807, 2.05) is 12.1 Å². The smallest absolute Gasteiger partial charge is 0.135 e. The first kappa shape index (κ1) is 35.4. The fourth-order valence-electron chi connectivity index (χ4n) is 9.90. The molecule has 0 N–H and O–H groups in total. The van der Waals surface area contributed by atoms with Crippen molar-refractivity contribution in [3.8, 4) is 27.9 Å². The van der Waals surface area contributed by atoms with Crippen LogP contribution in [0, 0.1) is 0 Å². The Morgan fingerprint density at radius 1 is 0.302 bits per heavy atom. The molecule has 0 spiro atoms. The van der Waals surface area contributed by atoms with E-state index in [-0.39, 0.29) is 0 Å². The van der Waals surface area contributed by atoms with Gasteiger partial charge in [0.15, 0.2) is 0 Å². The number of nitrogens with zero attached hydrogens (tertiary/aromatic N) is 2. The van der Waals surface area contributed by atoms with Crippen LogP contribution in [-0.4, -0.2) is 4.57 Å². The number of benzene rings is 11. The van der Waals surface area contributed by atoms with Crippen molar-refractivity contribution in [1.29, 1.82) is 0 Å². The molecule has 0 aliphatic heterocycles. The van der Waals surface area contributed by atoms with Crippen LogP contribution in [0.4, 0.5) is 17.1 Å². The highest BCUT2D eigenvalue weighted by atomic mass is 16.3. The minimum absolute atomic E-state index is 0.881. The van der Waals surface area contributed by atoms with Gasteiger partial charge in [0.1, 0.15) is 11.2 Å². The standard InChI is InChI=1S/C60H38N2O/c1-2-12-46(13-3-1)62-57-37-44(26-33-53(57)55-34-24-42-11-5-7-15-52(42)60(55)62)40-22-29-48(30-23-40)61(49-31-35-59-56(38-49)54-16-8-9-17-58(54)63-59)47-27-20-39(21-28-47)43-25-32-51-45(36-43)19-18-41-10-4-6-14-50(41)51/h1-38H. The average Bonchev–Trinajstić information content (AvgIpc) is 3.90. The largest absolute Gasteiger partial charge is 0.456 e. The minimum atomic E-state index is 0.881. The maximum absolute atomic E-state index is 6.27. The Labute approximate surface area is 363 Å². The van der Waals surface area contributed by atoms with Gasteiger partial charge < -0.3 is 13.9 Å². The van der Waals surface area contributed by atoms with Crippen LogP contribution < -0.4 is 4.90 Å². The quantitative estimate of drug-likeness (QED) is 0.156. The van der Waals surface area contributed by atoms with Gasteiger partial charge in [0.2, 0.25) is 0 Å². The van der Waals surface area contributed by atoms with E-state index >= 15 is 0 Å². The number of furan rings is 1. The summed E-state index contributed by atoms with van der Waals surface area (Å²) in [6.45, 7) is 0. The predicted octanol–water partition coefficient (Wildman–Crippen LogP) is 16.9. The molecule has 0 saturated carbocycles. The lowest BCUT2D eigenvalue weighted by Crippen LogP contribution is -2.09. The second-order valence-corrected chi connectivity index (χ2v) is 16.5. The van der Waals surface area contributed by atoms with E-state index in [9.17, 15) is 0 Å². The molecule has 294 valence electrons. The number of aromatic nitrogens is 1. The molecule has 3 heteroatoms. The first-order valence-corrected chi connectivity index (χ1v) is 21.6. The van der Waals surface area contributed by atoms with Gasteiger partial charge in [0.25, 0.3) is 0 Å². The molecule has 0 radical (unpaired) electrons. The zero-order valence-corrected chi connectivity index (χ0v) is 34.2. The van der Waals surface area contributed by atoms with Crippen LogP contribution in [0.25, 0.3) is 104 Å². The van der Waals surface area contributed by atoms with Crippen molar-refractivity contribution in [3.63, 3.8) is 0 Å². The first-order valence-electron chi connectivity index (χ1n) is 21.6. The molecule has 11 aromatic carbocycles. The molecule has 0 fully saturated rings. The van der Waals surface area contributed by atoms with Gasteiger partial charge in [-0.25, -0.2) is 0 Å². The Morgan fingerprint density at radius 3 is 1.59 bits per heavy atom. The number of para-hydroxylation sites is 2. The van der Waals surface area contributed by atoms with Crippen LogP contribution in [0.5, 0.6) is 0 Å². The molecule has 63 heavy (non-hydrogen) atoms. The molecule has 0 aliphatic carbocycles. The van der Waals surface area contributed by atoms with E-state index in [0.717, 1.165) is 50.3 Å². The monoisotopic (exact) mass is 802 g/mol. The molecule has 0 unspecified atom stereocenters. The van der Waals surface area contributed by atoms with Crippen LogP contribution >= 0.6 is 0 Å². The Bertz CT molecular complexity index is 3900. The van der Waals surface area contributed by atoms with Crippen molar-refractivity contribution in [3.05, 3.63) is 231 Å². The Kier molecular flexibility index (Phi) is 7.91. The molecule has 13 aromatic rings. The molecule has 2 aromatic heterocycles. The Balaban J connectivity index is 0.920. The highest BCUT2D eigenvalue weighted by Gasteiger charge is 2.19. The molecule has 0 aliphatic rings. The van der Waals surface area contributed by atoms with E-state index in [1.165, 1.54) is 70.8 Å². The third kappa shape index (κ3) is 5.75. The maximum Gasteiger partial charge on any atom is 0.135 e. The Morgan fingerprint density at radius 2 is 0.825 bits per heavy atom. The summed E-state index contributed by atoms with van der Waals surface area (Å²) >= 11 is 0. The summed E-state index contributed by atoms with van der Waals surface area (Å²) in [5, 5.41) is 12.3. The lowest BCUT2D eigenvalue weighted by molar-refractivity contribution is 0.669. The van der Waals surface area contributed by atoms with Gasteiger partial charge in [-0.3, -0.25) is 0 Å². The highest BCUT2D eigenvalue weighted by Crippen LogP contribution is 2.42. The van der Waals surface area contributed by atoms with E-state index in [4.69, 9.17) is 4.42 Å². The molecule has 0 bridgehead atoms. The van der Waals surface area contributed by atoms with Crippen molar-refractivity contribution in [1.82, 2.24) is 4.57 Å². The Hall–Kier alpha value is -8.40. The van der Waals surface area contributed by atoms with Crippen LogP contribution in [0.15, 0.2) is 235 Å². The minimum Gasteiger partial charge on any atom is -0.456 e. The summed E-state index contributed by atoms with van der Waals surface area (Å²) in [6, 6.07) is 83.6. The summed E-state index contributed by atoms with van der Waals surface area (Å²) in [4.78, 5) is 2.35. The molecule has 13 rings (SSSR count). The zero-order chi connectivity index (χ0) is 41.4. The van der Waals surface area contributed by atoms with Gasteiger partial charge in [-0.2, -0.15) is 0 Å². The molecular formula is C60H38N2O. The number of anilines is 3. The van der Waals surface area contributed by atoms with Gasteiger partial charge in [-0.05, 0) is 122 Å². The van der Waals surface area contributed by atoms with Gasteiger partial charge >= 0.3 is 0 Å². The van der Waals surface area contributed by atoms with Crippen LogP contribution in [0.1, 0.15) is 0 Å². The number of hydrogen-bond donors (Lipinski definition) is 0. The highest BCUT2D eigenvalue weighted by molar-refractivity contribution is 6.19. The van der Waals surface area contributed by atoms with E-state index in [2.05, 4.69) is 228 Å². The second-order valence-electron chi connectivity index (χ2n) is 16.5. The zero-order valence-electron chi connectivity index (χ0n) is 34.2. The predicted molar refractivity (Wildman–Crippen MR) is 266 cm³/mol. The maximum atomic E-state index is 6.27. The van der Waals surface area contributed by atoms with Gasteiger partial charge in [0, 0.05) is 49.7 Å². The van der Waals surface area contributed by atoms with Gasteiger partial charge in [0.05, 0.1) is 11.0 Å². The van der Waals surface area contributed by atoms with Gasteiger partial charge in [-0.1, -0.05) is 158 Å². The van der Waals surface area contributed by atoms with Crippen molar-refractivity contribution in [2.24, 2.45) is 0 Å². The molecule has 3 nitrogen and oxygen atoms in total. The number of rotatable bonds is 6. The lowest BCUT2D eigenvalue weighted by atomic mass is 9.97. The number of hydrogen-bond acceptors (Lipinski definition) is 2. The van der Waals surface area contributed by atoms with Crippen LogP contribution in [0.2, 0.25) is 0 Å². The normalized spacial score (nSPS) is 11.8. The second kappa shape index (κ2) is 14.1. The van der Waals surface area contributed by atoms with Crippen molar-refractivity contribution < 1.29 is 4.42 Å². The summed E-state index contributed by atoms with van der Waals surface area (Å²) in [7, 11) is 0. The third-order valence-electron chi connectivity index (χ3n) is 12.9. The van der Waals surface area contributed by atoms with Gasteiger partial charge in [-0.15, -0.1) is 0 Å². The molecule has 0 amide bonds. The molecular weight excluding hydrogens is 765 g/mol. The fraction of sp³-hybridized carbons (Fsp3) is 0. The average molecular weight is 803 g/mol. The summed E-state index contributed by atoms with van der Waals surface area (Å²) in [6.07, 6.45) is 0. The summed E-state index contributed by atoms with van der Waals surface area (Å²) in [5.74, 6) is 0. The van der Waals surface area contributed by atoms with Crippen LogP contribution in [0.3, 0.4) is 0 Å². The van der Waals surface area contributed by atoms with E-state index in [1.54, 1.807) is 0 Å². The van der Waals surface area contributed by atoms with Crippen molar-refractivity contribution in [2.75, 3.05) is 4.90 Å².